The van der Waals surface area contributed by atoms with E-state index in [1.54, 1.807) is 37.9 Å². The Morgan fingerprint density at radius 1 is 1.26 bits per heavy atom. The summed E-state index contributed by atoms with van der Waals surface area (Å²) in [6.45, 7) is 3.27. The van der Waals surface area contributed by atoms with Gasteiger partial charge < -0.3 is 9.84 Å². The van der Waals surface area contributed by atoms with Gasteiger partial charge in [-0.05, 0) is 44.2 Å². The van der Waals surface area contributed by atoms with E-state index in [4.69, 9.17) is 4.74 Å². The predicted octanol–water partition coefficient (Wildman–Crippen LogP) is 2.24. The first kappa shape index (κ1) is 13.1. The van der Waals surface area contributed by atoms with Gasteiger partial charge in [-0.1, -0.05) is 0 Å². The molecule has 0 unspecified atom stereocenters. The number of carboxylic acid groups (broad SMARTS) is 1. The topological polar surface area (TPSA) is 64.3 Å². The molecule has 100 valence electrons. The van der Waals surface area contributed by atoms with Crippen LogP contribution in [0.4, 0.5) is 0 Å². The molecule has 1 heterocycles. The Balaban J connectivity index is 2.32. The Labute approximate surface area is 111 Å². The standard InChI is InChI=1S/C14H16N2O3/c1-14(2,13(17)18)12-8-9-16(15-12)10-4-6-11(19-3)7-5-10/h4-9H,1-3H3,(H,17,18). The van der Waals surface area contributed by atoms with Crippen LogP contribution in [0.15, 0.2) is 36.5 Å². The largest absolute Gasteiger partial charge is 0.497 e. The van der Waals surface area contributed by atoms with E-state index in [9.17, 15) is 9.90 Å². The molecule has 0 aliphatic heterocycles. The third-order valence-corrected chi connectivity index (χ3v) is 3.10. The highest BCUT2D eigenvalue weighted by molar-refractivity contribution is 5.79. The molecule has 0 saturated heterocycles. The minimum Gasteiger partial charge on any atom is -0.497 e. The molecular weight excluding hydrogens is 244 g/mol. The number of carbonyl (C=O) groups is 1. The lowest BCUT2D eigenvalue weighted by molar-refractivity contribution is -0.142. The molecule has 0 bridgehead atoms. The summed E-state index contributed by atoms with van der Waals surface area (Å²) >= 11 is 0. The lowest BCUT2D eigenvalue weighted by Crippen LogP contribution is -2.29. The number of nitrogens with zero attached hydrogens (tertiary/aromatic N) is 2. The van der Waals surface area contributed by atoms with Crippen LogP contribution >= 0.6 is 0 Å². The quantitative estimate of drug-likeness (QED) is 0.915. The van der Waals surface area contributed by atoms with Crippen molar-refractivity contribution in [3.63, 3.8) is 0 Å². The van der Waals surface area contributed by atoms with E-state index >= 15 is 0 Å². The van der Waals surface area contributed by atoms with Gasteiger partial charge in [-0.15, -0.1) is 0 Å². The molecule has 0 spiro atoms. The van der Waals surface area contributed by atoms with Gasteiger partial charge in [0.2, 0.25) is 0 Å². The second-order valence-corrected chi connectivity index (χ2v) is 4.77. The Kier molecular flexibility index (Phi) is 3.29. The second kappa shape index (κ2) is 4.76. The Morgan fingerprint density at radius 2 is 1.89 bits per heavy atom. The minimum atomic E-state index is -1.00. The molecule has 0 aliphatic rings. The van der Waals surface area contributed by atoms with Crippen molar-refractivity contribution in [3.8, 4) is 11.4 Å². The second-order valence-electron chi connectivity index (χ2n) is 4.77. The first-order valence-corrected chi connectivity index (χ1v) is 5.89. The summed E-state index contributed by atoms with van der Waals surface area (Å²) in [5, 5.41) is 13.5. The third kappa shape index (κ3) is 2.45. The molecule has 0 atom stereocenters. The van der Waals surface area contributed by atoms with Crippen LogP contribution in [0.3, 0.4) is 0 Å². The summed E-state index contributed by atoms with van der Waals surface area (Å²) in [5.41, 5.74) is 0.376. The van der Waals surface area contributed by atoms with Gasteiger partial charge >= 0.3 is 5.97 Å². The lowest BCUT2D eigenvalue weighted by atomic mass is 9.90. The van der Waals surface area contributed by atoms with Crippen LogP contribution in [-0.2, 0) is 10.2 Å². The molecule has 1 aromatic heterocycles. The fourth-order valence-electron chi connectivity index (χ4n) is 1.65. The SMILES string of the molecule is COc1ccc(-n2ccc(C(C)(C)C(=O)O)n2)cc1. The summed E-state index contributed by atoms with van der Waals surface area (Å²) in [7, 11) is 1.61. The van der Waals surface area contributed by atoms with Gasteiger partial charge in [-0.25, -0.2) is 4.68 Å². The average Bonchev–Trinajstić information content (AvgIpc) is 2.89. The zero-order valence-corrected chi connectivity index (χ0v) is 11.1. The van der Waals surface area contributed by atoms with Gasteiger partial charge in [0.25, 0.3) is 0 Å². The number of ether oxygens (including phenoxy) is 1. The average molecular weight is 260 g/mol. The molecule has 1 aromatic carbocycles. The molecule has 0 radical (unpaired) electrons. The van der Waals surface area contributed by atoms with Gasteiger partial charge in [0.15, 0.2) is 0 Å². The maximum Gasteiger partial charge on any atom is 0.315 e. The molecule has 2 aromatic rings. The summed E-state index contributed by atoms with van der Waals surface area (Å²) in [5.74, 6) is -0.130. The fourth-order valence-corrected chi connectivity index (χ4v) is 1.65. The van der Waals surface area contributed by atoms with E-state index in [0.29, 0.717) is 5.69 Å². The number of rotatable bonds is 4. The Morgan fingerprint density at radius 3 is 2.42 bits per heavy atom. The number of methoxy groups -OCH3 is 1. The van der Waals surface area contributed by atoms with E-state index < -0.39 is 11.4 Å². The molecule has 5 nitrogen and oxygen atoms in total. The molecule has 0 fully saturated rings. The number of hydrogen-bond acceptors (Lipinski definition) is 3. The predicted molar refractivity (Wildman–Crippen MR) is 70.8 cm³/mol. The van der Waals surface area contributed by atoms with E-state index in [1.165, 1.54) is 0 Å². The highest BCUT2D eigenvalue weighted by atomic mass is 16.5. The number of hydrogen-bond donors (Lipinski definition) is 1. The zero-order chi connectivity index (χ0) is 14.0. The van der Waals surface area contributed by atoms with Gasteiger partial charge in [-0.2, -0.15) is 5.10 Å². The van der Waals surface area contributed by atoms with Crippen molar-refractivity contribution in [2.45, 2.75) is 19.3 Å². The molecule has 0 saturated carbocycles. The maximum absolute atomic E-state index is 11.2. The van der Waals surface area contributed by atoms with Crippen molar-refractivity contribution in [1.82, 2.24) is 9.78 Å². The van der Waals surface area contributed by atoms with E-state index in [2.05, 4.69) is 5.10 Å². The van der Waals surface area contributed by atoms with Crippen LogP contribution in [0.25, 0.3) is 5.69 Å². The number of carboxylic acids is 1. The van der Waals surface area contributed by atoms with E-state index in [0.717, 1.165) is 11.4 Å². The normalized spacial score (nSPS) is 11.3. The molecule has 0 amide bonds. The van der Waals surface area contributed by atoms with Crippen molar-refractivity contribution in [3.05, 3.63) is 42.2 Å². The molecule has 2 rings (SSSR count). The van der Waals surface area contributed by atoms with Crippen LogP contribution in [0.5, 0.6) is 5.75 Å². The van der Waals surface area contributed by atoms with Gasteiger partial charge in [-0.3, -0.25) is 4.79 Å². The van der Waals surface area contributed by atoms with Crippen LogP contribution < -0.4 is 4.74 Å². The third-order valence-electron chi connectivity index (χ3n) is 3.10. The van der Waals surface area contributed by atoms with E-state index in [-0.39, 0.29) is 0 Å². The number of benzene rings is 1. The number of aliphatic carboxylic acids is 1. The fraction of sp³-hybridized carbons (Fsp3) is 0.286. The van der Waals surface area contributed by atoms with Crippen LogP contribution in [-0.4, -0.2) is 28.0 Å². The smallest absolute Gasteiger partial charge is 0.315 e. The van der Waals surface area contributed by atoms with Crippen molar-refractivity contribution < 1.29 is 14.6 Å². The first-order valence-electron chi connectivity index (χ1n) is 5.89. The maximum atomic E-state index is 11.2. The van der Waals surface area contributed by atoms with Crippen molar-refractivity contribution in [2.75, 3.05) is 7.11 Å². The van der Waals surface area contributed by atoms with Crippen molar-refractivity contribution >= 4 is 5.97 Å². The summed E-state index contributed by atoms with van der Waals surface area (Å²) in [4.78, 5) is 11.2. The summed E-state index contributed by atoms with van der Waals surface area (Å²) < 4.78 is 6.74. The molecule has 19 heavy (non-hydrogen) atoms. The first-order chi connectivity index (χ1) is 8.95. The molecular formula is C14H16N2O3. The number of aromatic nitrogens is 2. The molecule has 5 heteroatoms. The van der Waals surface area contributed by atoms with E-state index in [1.807, 2.05) is 24.3 Å². The van der Waals surface area contributed by atoms with Gasteiger partial charge in [0, 0.05) is 6.20 Å². The Bertz CT molecular complexity index is 585. The van der Waals surface area contributed by atoms with Crippen molar-refractivity contribution in [2.24, 2.45) is 0 Å². The summed E-state index contributed by atoms with van der Waals surface area (Å²) in [6.07, 6.45) is 1.75. The van der Waals surface area contributed by atoms with Crippen LogP contribution in [0.2, 0.25) is 0 Å². The molecule has 0 aliphatic carbocycles. The molecule has 1 N–H and O–H groups in total. The highest BCUT2D eigenvalue weighted by Crippen LogP contribution is 2.23. The highest BCUT2D eigenvalue weighted by Gasteiger charge is 2.31. The summed E-state index contributed by atoms with van der Waals surface area (Å²) in [6, 6.07) is 9.11. The zero-order valence-electron chi connectivity index (χ0n) is 11.1. The van der Waals surface area contributed by atoms with Gasteiger partial charge in [0.1, 0.15) is 11.2 Å². The monoisotopic (exact) mass is 260 g/mol. The van der Waals surface area contributed by atoms with Crippen molar-refractivity contribution in [1.29, 1.82) is 0 Å². The minimum absolute atomic E-state index is 0.524. The Hall–Kier alpha value is -2.30. The van der Waals surface area contributed by atoms with Crippen LogP contribution in [0.1, 0.15) is 19.5 Å². The van der Waals surface area contributed by atoms with Gasteiger partial charge in [0.05, 0.1) is 18.5 Å². The van der Waals surface area contributed by atoms with Crippen LogP contribution in [0, 0.1) is 0 Å². The lowest BCUT2D eigenvalue weighted by Gasteiger charge is -2.15.